The third-order valence-electron chi connectivity index (χ3n) is 2.34. The molecular weight excluding hydrogens is 254 g/mol. The minimum Gasteiger partial charge on any atom is -0.481 e. The maximum Gasteiger partial charge on any atom is 0.212 e. The number of hydrogen-bond acceptors (Lipinski definition) is 5. The number of aromatic nitrogens is 1. The molecule has 0 atom stereocenters. The second-order valence-electron chi connectivity index (χ2n) is 3.81. The van der Waals surface area contributed by atoms with Crippen molar-refractivity contribution in [2.45, 2.75) is 13.0 Å². The lowest BCUT2D eigenvalue weighted by atomic mass is 10.3. The van der Waals surface area contributed by atoms with Gasteiger partial charge in [-0.25, -0.2) is 18.1 Å². The molecule has 7 heteroatoms. The lowest BCUT2D eigenvalue weighted by molar-refractivity contribution is 0.397. The monoisotopic (exact) mass is 273 g/mol. The van der Waals surface area contributed by atoms with Gasteiger partial charge in [-0.3, -0.25) is 0 Å². The van der Waals surface area contributed by atoms with Crippen LogP contribution in [0.3, 0.4) is 0 Å². The Bertz CT molecular complexity index is 445. The number of nitrogens with zero attached hydrogens (tertiary/aromatic N) is 1. The number of rotatable bonds is 8. The lowest BCUT2D eigenvalue weighted by Gasteiger charge is -2.07. The van der Waals surface area contributed by atoms with Crippen LogP contribution in [0.25, 0.3) is 0 Å². The van der Waals surface area contributed by atoms with Crippen LogP contribution in [0, 0.1) is 0 Å². The largest absolute Gasteiger partial charge is 0.481 e. The van der Waals surface area contributed by atoms with E-state index in [1.807, 2.05) is 0 Å². The predicted molar refractivity (Wildman–Crippen MR) is 70.0 cm³/mol. The van der Waals surface area contributed by atoms with Gasteiger partial charge in [0.15, 0.2) is 0 Å². The Morgan fingerprint density at radius 3 is 2.72 bits per heavy atom. The van der Waals surface area contributed by atoms with Gasteiger partial charge >= 0.3 is 0 Å². The Kier molecular flexibility index (Phi) is 6.03. The molecule has 0 radical (unpaired) electrons. The van der Waals surface area contributed by atoms with Crippen molar-refractivity contribution in [3.05, 3.63) is 23.9 Å². The van der Waals surface area contributed by atoms with Crippen LogP contribution in [0.4, 0.5) is 0 Å². The summed E-state index contributed by atoms with van der Waals surface area (Å²) in [7, 11) is 0.112. The third-order valence-corrected chi connectivity index (χ3v) is 3.75. The SMILES string of the molecule is CNCCCS(=O)(=O)NCc1ccc(OC)nc1. The van der Waals surface area contributed by atoms with Crippen LogP contribution >= 0.6 is 0 Å². The molecule has 1 rings (SSSR count). The Morgan fingerprint density at radius 2 is 2.17 bits per heavy atom. The maximum atomic E-state index is 11.6. The summed E-state index contributed by atoms with van der Waals surface area (Å²) in [6.45, 7) is 0.934. The number of ether oxygens (including phenoxy) is 1. The second kappa shape index (κ2) is 7.30. The molecule has 0 unspecified atom stereocenters. The molecule has 102 valence electrons. The average Bonchev–Trinajstić information content (AvgIpc) is 2.37. The summed E-state index contributed by atoms with van der Waals surface area (Å²) in [6, 6.07) is 3.48. The Labute approximate surface area is 108 Å². The quantitative estimate of drug-likeness (QED) is 0.658. The maximum absolute atomic E-state index is 11.6. The Hall–Kier alpha value is -1.18. The van der Waals surface area contributed by atoms with E-state index in [-0.39, 0.29) is 12.3 Å². The molecule has 0 spiro atoms. The zero-order chi connectivity index (χ0) is 13.4. The fraction of sp³-hybridized carbons (Fsp3) is 0.545. The molecule has 0 aliphatic rings. The van der Waals surface area contributed by atoms with Crippen LogP contribution in [-0.4, -0.2) is 39.9 Å². The van der Waals surface area contributed by atoms with Gasteiger partial charge in [-0.2, -0.15) is 0 Å². The van der Waals surface area contributed by atoms with E-state index in [9.17, 15) is 8.42 Å². The van der Waals surface area contributed by atoms with Gasteiger partial charge in [0.25, 0.3) is 0 Å². The topological polar surface area (TPSA) is 80.3 Å². The third kappa shape index (κ3) is 5.44. The van der Waals surface area contributed by atoms with Gasteiger partial charge < -0.3 is 10.1 Å². The summed E-state index contributed by atoms with van der Waals surface area (Å²) in [5, 5.41) is 2.91. The van der Waals surface area contributed by atoms with Crippen molar-refractivity contribution in [1.82, 2.24) is 15.0 Å². The van der Waals surface area contributed by atoms with Gasteiger partial charge in [0.1, 0.15) is 0 Å². The normalized spacial score (nSPS) is 11.4. The van der Waals surface area contributed by atoms with E-state index in [1.165, 1.54) is 7.11 Å². The first-order valence-corrected chi connectivity index (χ1v) is 7.33. The van der Waals surface area contributed by atoms with E-state index in [1.54, 1.807) is 25.4 Å². The summed E-state index contributed by atoms with van der Waals surface area (Å²) < 4.78 is 30.7. The first-order valence-electron chi connectivity index (χ1n) is 5.68. The van der Waals surface area contributed by atoms with Crippen molar-refractivity contribution in [3.63, 3.8) is 0 Å². The van der Waals surface area contributed by atoms with Gasteiger partial charge in [0.2, 0.25) is 15.9 Å². The standard InChI is InChI=1S/C11H19N3O3S/c1-12-6-3-7-18(15,16)14-9-10-4-5-11(17-2)13-8-10/h4-5,8,12,14H,3,6-7,9H2,1-2H3. The number of hydrogen-bond donors (Lipinski definition) is 2. The van der Waals surface area contributed by atoms with Crippen molar-refractivity contribution >= 4 is 10.0 Å². The van der Waals surface area contributed by atoms with E-state index in [2.05, 4.69) is 15.0 Å². The fourth-order valence-electron chi connectivity index (χ4n) is 1.34. The Balaban J connectivity index is 2.43. The van der Waals surface area contributed by atoms with Crippen molar-refractivity contribution in [2.24, 2.45) is 0 Å². The fourth-order valence-corrected chi connectivity index (χ4v) is 2.40. The first kappa shape index (κ1) is 14.9. The van der Waals surface area contributed by atoms with Crippen LogP contribution in [0.2, 0.25) is 0 Å². The summed E-state index contributed by atoms with van der Waals surface area (Å²) >= 11 is 0. The van der Waals surface area contributed by atoms with Gasteiger partial charge in [-0.05, 0) is 25.6 Å². The zero-order valence-corrected chi connectivity index (χ0v) is 11.5. The van der Waals surface area contributed by atoms with Gasteiger partial charge in [0.05, 0.1) is 12.9 Å². The van der Waals surface area contributed by atoms with Gasteiger partial charge in [-0.15, -0.1) is 0 Å². The summed E-state index contributed by atoms with van der Waals surface area (Å²) in [5.74, 6) is 0.632. The molecule has 0 amide bonds. The van der Waals surface area contributed by atoms with Crippen molar-refractivity contribution < 1.29 is 13.2 Å². The molecule has 1 heterocycles. The number of nitrogens with one attached hydrogen (secondary N) is 2. The highest BCUT2D eigenvalue weighted by molar-refractivity contribution is 7.89. The van der Waals surface area contributed by atoms with Gasteiger partial charge in [-0.1, -0.05) is 6.07 Å². The average molecular weight is 273 g/mol. The van der Waals surface area contributed by atoms with Crippen molar-refractivity contribution in [3.8, 4) is 5.88 Å². The molecule has 2 N–H and O–H groups in total. The molecule has 0 saturated carbocycles. The molecule has 0 aliphatic carbocycles. The van der Waals surface area contributed by atoms with E-state index >= 15 is 0 Å². The molecule has 0 fully saturated rings. The first-order chi connectivity index (χ1) is 8.57. The van der Waals surface area contributed by atoms with Gasteiger partial charge in [0, 0.05) is 18.8 Å². The number of sulfonamides is 1. The lowest BCUT2D eigenvalue weighted by Crippen LogP contribution is -2.27. The number of pyridine rings is 1. The smallest absolute Gasteiger partial charge is 0.212 e. The van der Waals surface area contributed by atoms with E-state index in [0.29, 0.717) is 18.8 Å². The summed E-state index contributed by atoms with van der Waals surface area (Å²) in [5.41, 5.74) is 0.799. The van der Waals surface area contributed by atoms with Crippen LogP contribution in [0.15, 0.2) is 18.3 Å². The Morgan fingerprint density at radius 1 is 1.39 bits per heavy atom. The molecule has 0 aromatic carbocycles. The minimum absolute atomic E-state index is 0.122. The van der Waals surface area contributed by atoms with Crippen LogP contribution in [-0.2, 0) is 16.6 Å². The van der Waals surface area contributed by atoms with Crippen LogP contribution < -0.4 is 14.8 Å². The molecule has 6 nitrogen and oxygen atoms in total. The highest BCUT2D eigenvalue weighted by Crippen LogP contribution is 2.06. The molecule has 0 saturated heterocycles. The molecule has 0 aliphatic heterocycles. The molecular formula is C11H19N3O3S. The highest BCUT2D eigenvalue weighted by atomic mass is 32.2. The van der Waals surface area contributed by atoms with E-state index < -0.39 is 10.0 Å². The van der Waals surface area contributed by atoms with E-state index in [0.717, 1.165) is 5.56 Å². The zero-order valence-electron chi connectivity index (χ0n) is 10.6. The number of methoxy groups -OCH3 is 1. The van der Waals surface area contributed by atoms with Crippen molar-refractivity contribution in [2.75, 3.05) is 26.5 Å². The molecule has 1 aromatic rings. The predicted octanol–water partition coefficient (Wildman–Crippen LogP) is 0.119. The second-order valence-corrected chi connectivity index (χ2v) is 5.73. The molecule has 1 aromatic heterocycles. The molecule has 0 bridgehead atoms. The van der Waals surface area contributed by atoms with E-state index in [4.69, 9.17) is 4.74 Å². The summed E-state index contributed by atoms with van der Waals surface area (Å²) in [6.07, 6.45) is 2.18. The molecule has 18 heavy (non-hydrogen) atoms. The van der Waals surface area contributed by atoms with Crippen molar-refractivity contribution in [1.29, 1.82) is 0 Å². The summed E-state index contributed by atoms with van der Waals surface area (Å²) in [4.78, 5) is 4.01. The minimum atomic E-state index is -3.22. The highest BCUT2D eigenvalue weighted by Gasteiger charge is 2.09. The van der Waals surface area contributed by atoms with Crippen LogP contribution in [0.5, 0.6) is 5.88 Å². The van der Waals surface area contributed by atoms with Crippen LogP contribution in [0.1, 0.15) is 12.0 Å².